The van der Waals surface area contributed by atoms with E-state index >= 15 is 0 Å². The molecule has 4 rings (SSSR count). The monoisotopic (exact) mass is 399 g/mol. The van der Waals surface area contributed by atoms with Crippen molar-refractivity contribution in [1.82, 2.24) is 24.6 Å². The van der Waals surface area contributed by atoms with Crippen molar-refractivity contribution < 1.29 is 4.79 Å². The lowest BCUT2D eigenvalue weighted by Crippen LogP contribution is -2.29. The van der Waals surface area contributed by atoms with Crippen LogP contribution in [0.25, 0.3) is 17.2 Å². The van der Waals surface area contributed by atoms with Crippen LogP contribution in [0.4, 0.5) is 0 Å². The highest BCUT2D eigenvalue weighted by Gasteiger charge is 2.21. The first-order valence-electron chi connectivity index (χ1n) is 8.76. The second kappa shape index (κ2) is 8.10. The summed E-state index contributed by atoms with van der Waals surface area (Å²) in [5.41, 5.74) is 1.60. The Bertz CT molecular complexity index is 923. The number of pyridine rings is 1. The normalized spacial score (nSPS) is 13.9. The molecule has 0 unspecified atom stereocenters. The minimum absolute atomic E-state index is 0.141. The van der Waals surface area contributed by atoms with Crippen molar-refractivity contribution in [2.75, 3.05) is 18.8 Å². The predicted octanol–water partition coefficient (Wildman–Crippen LogP) is 3.70. The number of nitrogens with zero attached hydrogens (tertiary/aromatic N) is 5. The molecule has 3 heterocycles. The van der Waals surface area contributed by atoms with Gasteiger partial charge in [0.25, 0.3) is 0 Å². The summed E-state index contributed by atoms with van der Waals surface area (Å²) in [6.07, 6.45) is 3.89. The molecule has 1 amide bonds. The number of benzene rings is 1. The summed E-state index contributed by atoms with van der Waals surface area (Å²) in [5.74, 6) is 1.12. The molecule has 138 valence electrons. The van der Waals surface area contributed by atoms with E-state index in [9.17, 15) is 4.79 Å². The van der Waals surface area contributed by atoms with E-state index in [1.165, 1.54) is 11.8 Å². The topological polar surface area (TPSA) is 63.9 Å². The highest BCUT2D eigenvalue weighted by atomic mass is 35.5. The molecular formula is C19H18ClN5OS. The van der Waals surface area contributed by atoms with Crippen LogP contribution in [0.15, 0.2) is 53.8 Å². The van der Waals surface area contributed by atoms with Crippen molar-refractivity contribution in [2.45, 2.75) is 18.0 Å². The molecule has 1 aromatic carbocycles. The number of rotatable bonds is 5. The van der Waals surface area contributed by atoms with Crippen molar-refractivity contribution in [3.8, 4) is 17.2 Å². The highest BCUT2D eigenvalue weighted by molar-refractivity contribution is 7.99. The van der Waals surface area contributed by atoms with Crippen LogP contribution in [0.1, 0.15) is 12.8 Å². The van der Waals surface area contributed by atoms with E-state index in [0.717, 1.165) is 37.3 Å². The molecule has 1 aliphatic heterocycles. The van der Waals surface area contributed by atoms with Gasteiger partial charge in [0, 0.05) is 30.0 Å². The standard InChI is InChI=1S/C19H18ClN5OS/c20-14-6-8-15(9-7-14)25-18(16-5-1-2-10-21-16)22-23-19(25)27-13-17(26)24-11-3-4-12-24/h1-2,5-10H,3-4,11-13H2. The third-order valence-electron chi connectivity index (χ3n) is 4.40. The maximum Gasteiger partial charge on any atom is 0.233 e. The molecule has 0 aliphatic carbocycles. The van der Waals surface area contributed by atoms with Crippen molar-refractivity contribution in [1.29, 1.82) is 0 Å². The molecule has 27 heavy (non-hydrogen) atoms. The zero-order valence-corrected chi connectivity index (χ0v) is 16.2. The first-order chi connectivity index (χ1) is 13.2. The van der Waals surface area contributed by atoms with Gasteiger partial charge in [0.05, 0.1) is 5.75 Å². The number of amides is 1. The highest BCUT2D eigenvalue weighted by Crippen LogP contribution is 2.28. The van der Waals surface area contributed by atoms with Crippen LogP contribution in [0.5, 0.6) is 0 Å². The van der Waals surface area contributed by atoms with E-state index in [-0.39, 0.29) is 5.91 Å². The first-order valence-corrected chi connectivity index (χ1v) is 10.1. The summed E-state index contributed by atoms with van der Waals surface area (Å²) in [5, 5.41) is 9.97. The second-order valence-electron chi connectivity index (χ2n) is 6.21. The summed E-state index contributed by atoms with van der Waals surface area (Å²) >= 11 is 7.43. The Morgan fingerprint density at radius 2 is 1.85 bits per heavy atom. The van der Waals surface area contributed by atoms with E-state index in [0.29, 0.717) is 21.8 Å². The predicted molar refractivity (Wildman–Crippen MR) is 106 cm³/mol. The molecule has 0 spiro atoms. The number of thioether (sulfide) groups is 1. The van der Waals surface area contributed by atoms with Gasteiger partial charge in [-0.25, -0.2) is 0 Å². The van der Waals surface area contributed by atoms with Crippen LogP contribution in [0, 0.1) is 0 Å². The Hall–Kier alpha value is -2.38. The molecule has 0 saturated carbocycles. The van der Waals surface area contributed by atoms with Crippen molar-refractivity contribution in [2.24, 2.45) is 0 Å². The lowest BCUT2D eigenvalue weighted by atomic mass is 10.3. The van der Waals surface area contributed by atoms with Gasteiger partial charge in [0.2, 0.25) is 5.91 Å². The average Bonchev–Trinajstić information content (AvgIpc) is 3.38. The quantitative estimate of drug-likeness (QED) is 0.612. The van der Waals surface area contributed by atoms with Crippen molar-refractivity contribution in [3.05, 3.63) is 53.7 Å². The Balaban J connectivity index is 1.65. The number of halogens is 1. The van der Waals surface area contributed by atoms with Crippen LogP contribution >= 0.6 is 23.4 Å². The minimum Gasteiger partial charge on any atom is -0.342 e. The van der Waals surface area contributed by atoms with Crippen LogP contribution in [0.3, 0.4) is 0 Å². The SMILES string of the molecule is O=C(CSc1nnc(-c2ccccn2)n1-c1ccc(Cl)cc1)N1CCCC1. The molecule has 8 heteroatoms. The summed E-state index contributed by atoms with van der Waals surface area (Å²) < 4.78 is 1.92. The number of hydrogen-bond donors (Lipinski definition) is 0. The third-order valence-corrected chi connectivity index (χ3v) is 5.56. The van der Waals surface area contributed by atoms with Gasteiger partial charge in [-0.2, -0.15) is 0 Å². The summed E-state index contributed by atoms with van der Waals surface area (Å²) in [6.45, 7) is 1.70. The minimum atomic E-state index is 0.141. The van der Waals surface area contributed by atoms with Gasteiger partial charge in [-0.05, 0) is 49.2 Å². The molecule has 0 bridgehead atoms. The Kier molecular flexibility index (Phi) is 5.40. The van der Waals surface area contributed by atoms with Crippen molar-refractivity contribution in [3.63, 3.8) is 0 Å². The molecule has 1 aliphatic rings. The largest absolute Gasteiger partial charge is 0.342 e. The van der Waals surface area contributed by atoms with Gasteiger partial charge in [-0.3, -0.25) is 14.3 Å². The zero-order valence-electron chi connectivity index (χ0n) is 14.6. The summed E-state index contributed by atoms with van der Waals surface area (Å²) in [4.78, 5) is 18.7. The van der Waals surface area contributed by atoms with Gasteiger partial charge in [-0.1, -0.05) is 29.4 Å². The van der Waals surface area contributed by atoms with Gasteiger partial charge in [0.1, 0.15) is 5.69 Å². The molecule has 0 radical (unpaired) electrons. The average molecular weight is 400 g/mol. The fraction of sp³-hybridized carbons (Fsp3) is 0.263. The molecule has 1 fully saturated rings. The van der Waals surface area contributed by atoms with Crippen molar-refractivity contribution >= 4 is 29.3 Å². The first kappa shape index (κ1) is 18.0. The smallest absolute Gasteiger partial charge is 0.233 e. The molecule has 0 atom stereocenters. The number of aromatic nitrogens is 4. The molecule has 0 N–H and O–H groups in total. The Morgan fingerprint density at radius 3 is 2.56 bits per heavy atom. The van der Waals surface area contributed by atoms with E-state index < -0.39 is 0 Å². The lowest BCUT2D eigenvalue weighted by molar-refractivity contribution is -0.127. The van der Waals surface area contributed by atoms with E-state index in [2.05, 4.69) is 15.2 Å². The van der Waals surface area contributed by atoms with Gasteiger partial charge < -0.3 is 4.90 Å². The van der Waals surface area contributed by atoms with E-state index in [1.54, 1.807) is 6.20 Å². The lowest BCUT2D eigenvalue weighted by Gasteiger charge is -2.15. The van der Waals surface area contributed by atoms with Gasteiger partial charge in [-0.15, -0.1) is 10.2 Å². The summed E-state index contributed by atoms with van der Waals surface area (Å²) in [6, 6.07) is 13.1. The van der Waals surface area contributed by atoms with E-state index in [4.69, 9.17) is 11.6 Å². The maximum atomic E-state index is 12.4. The fourth-order valence-corrected chi connectivity index (χ4v) is 4.01. The molecule has 1 saturated heterocycles. The molecule has 3 aromatic rings. The molecule has 2 aromatic heterocycles. The van der Waals surface area contributed by atoms with Crippen LogP contribution in [-0.4, -0.2) is 49.4 Å². The Labute approximate surface area is 166 Å². The summed E-state index contributed by atoms with van der Waals surface area (Å²) in [7, 11) is 0. The molecule has 6 nitrogen and oxygen atoms in total. The number of hydrogen-bond acceptors (Lipinski definition) is 5. The van der Waals surface area contributed by atoms with Gasteiger partial charge >= 0.3 is 0 Å². The van der Waals surface area contributed by atoms with Crippen LogP contribution < -0.4 is 0 Å². The number of carbonyl (C=O) groups is 1. The van der Waals surface area contributed by atoms with Gasteiger partial charge in [0.15, 0.2) is 11.0 Å². The van der Waals surface area contributed by atoms with Crippen LogP contribution in [-0.2, 0) is 4.79 Å². The van der Waals surface area contributed by atoms with E-state index in [1.807, 2.05) is 51.9 Å². The third kappa shape index (κ3) is 3.99. The van der Waals surface area contributed by atoms with Crippen LogP contribution in [0.2, 0.25) is 5.02 Å². The fourth-order valence-electron chi connectivity index (χ4n) is 3.03. The zero-order chi connectivity index (χ0) is 18.6. The second-order valence-corrected chi connectivity index (χ2v) is 7.59. The molecular weight excluding hydrogens is 382 g/mol. The Morgan fingerprint density at radius 1 is 1.07 bits per heavy atom. The number of likely N-dealkylation sites (tertiary alicyclic amines) is 1. The maximum absolute atomic E-state index is 12.4. The number of carbonyl (C=O) groups excluding carboxylic acids is 1.